The third kappa shape index (κ3) is 6.02. The molecule has 2 atom stereocenters. The van der Waals surface area contributed by atoms with Crippen LogP contribution < -0.4 is 5.32 Å². The van der Waals surface area contributed by atoms with Crippen LogP contribution in [0.25, 0.3) is 0 Å². The van der Waals surface area contributed by atoms with Gasteiger partial charge in [-0.05, 0) is 25.4 Å². The maximum absolute atomic E-state index is 12.3. The molecule has 0 aromatic rings. The topological polar surface area (TPSA) is 41.6 Å². The molecule has 0 spiro atoms. The van der Waals surface area contributed by atoms with Crippen molar-refractivity contribution in [1.29, 1.82) is 0 Å². The molecule has 1 N–H and O–H groups in total. The highest BCUT2D eigenvalue weighted by atomic mass is 16.5. The third-order valence-corrected chi connectivity index (χ3v) is 3.99. The summed E-state index contributed by atoms with van der Waals surface area (Å²) in [6.07, 6.45) is 2.71. The van der Waals surface area contributed by atoms with Crippen molar-refractivity contribution in [3.63, 3.8) is 0 Å². The van der Waals surface area contributed by atoms with E-state index >= 15 is 0 Å². The molecule has 0 bridgehead atoms. The van der Waals surface area contributed by atoms with E-state index in [1.165, 1.54) is 0 Å². The van der Waals surface area contributed by atoms with E-state index in [1.807, 2.05) is 0 Å². The summed E-state index contributed by atoms with van der Waals surface area (Å²) in [7, 11) is 0. The second-order valence-corrected chi connectivity index (χ2v) is 5.44. The van der Waals surface area contributed by atoms with Gasteiger partial charge in [-0.15, -0.1) is 0 Å². The number of Topliss-reactive ketones (excluding diaryl/α,β-unsaturated/α-hetero) is 1. The smallest absolute Gasteiger partial charge is 0.150 e. The largest absolute Gasteiger partial charge is 0.379 e. The van der Waals surface area contributed by atoms with E-state index in [0.717, 1.165) is 52.2 Å². The molecule has 19 heavy (non-hydrogen) atoms. The summed E-state index contributed by atoms with van der Waals surface area (Å²) in [6, 6.07) is 0.0414. The highest BCUT2D eigenvalue weighted by molar-refractivity contribution is 5.84. The maximum atomic E-state index is 12.3. The van der Waals surface area contributed by atoms with Gasteiger partial charge < -0.3 is 10.1 Å². The average molecular weight is 270 g/mol. The first kappa shape index (κ1) is 16.6. The van der Waals surface area contributed by atoms with Gasteiger partial charge in [-0.3, -0.25) is 9.69 Å². The average Bonchev–Trinajstić information content (AvgIpc) is 2.45. The van der Waals surface area contributed by atoms with Gasteiger partial charge in [0.25, 0.3) is 0 Å². The van der Waals surface area contributed by atoms with Crippen LogP contribution in [-0.4, -0.2) is 56.1 Å². The lowest BCUT2D eigenvalue weighted by Gasteiger charge is -2.27. The van der Waals surface area contributed by atoms with Gasteiger partial charge in [0, 0.05) is 19.5 Å². The number of morpholine rings is 1. The van der Waals surface area contributed by atoms with Crippen LogP contribution >= 0.6 is 0 Å². The minimum atomic E-state index is 0.0414. The Morgan fingerprint density at radius 1 is 1.32 bits per heavy atom. The Balaban J connectivity index is 2.26. The SMILES string of the molecule is CCNC(C(=O)CCCN1CCOCC1)C(C)CC. The van der Waals surface area contributed by atoms with Crippen molar-refractivity contribution in [2.45, 2.75) is 46.1 Å². The van der Waals surface area contributed by atoms with E-state index in [2.05, 4.69) is 31.0 Å². The van der Waals surface area contributed by atoms with Crippen molar-refractivity contribution in [1.82, 2.24) is 10.2 Å². The molecule has 1 aliphatic heterocycles. The molecular formula is C15H30N2O2. The van der Waals surface area contributed by atoms with Gasteiger partial charge in [0.05, 0.1) is 19.3 Å². The molecule has 0 aliphatic carbocycles. The fourth-order valence-corrected chi connectivity index (χ4v) is 2.55. The first-order valence-corrected chi connectivity index (χ1v) is 7.75. The van der Waals surface area contributed by atoms with Crippen LogP contribution in [0, 0.1) is 5.92 Å². The predicted octanol–water partition coefficient (Wildman–Crippen LogP) is 1.69. The Hall–Kier alpha value is -0.450. The molecule has 4 heteroatoms. The summed E-state index contributed by atoms with van der Waals surface area (Å²) in [5.41, 5.74) is 0. The summed E-state index contributed by atoms with van der Waals surface area (Å²) in [6.45, 7) is 12.0. The molecule has 1 fully saturated rings. The number of likely N-dealkylation sites (N-methyl/N-ethyl adjacent to an activating group) is 1. The van der Waals surface area contributed by atoms with Crippen molar-refractivity contribution in [2.75, 3.05) is 39.4 Å². The van der Waals surface area contributed by atoms with Crippen LogP contribution in [0.2, 0.25) is 0 Å². The fraction of sp³-hybridized carbons (Fsp3) is 0.933. The van der Waals surface area contributed by atoms with Crippen molar-refractivity contribution in [2.24, 2.45) is 5.92 Å². The highest BCUT2D eigenvalue weighted by Crippen LogP contribution is 2.12. The Bertz CT molecular complexity index is 253. The molecule has 0 radical (unpaired) electrons. The van der Waals surface area contributed by atoms with Crippen molar-refractivity contribution >= 4 is 5.78 Å². The molecule has 112 valence electrons. The number of nitrogens with one attached hydrogen (secondary N) is 1. The first-order valence-electron chi connectivity index (χ1n) is 7.75. The Labute approximate surface area is 117 Å². The molecule has 0 aromatic carbocycles. The zero-order valence-electron chi connectivity index (χ0n) is 12.8. The van der Waals surface area contributed by atoms with Crippen molar-refractivity contribution < 1.29 is 9.53 Å². The van der Waals surface area contributed by atoms with Gasteiger partial charge in [0.1, 0.15) is 5.78 Å². The van der Waals surface area contributed by atoms with Gasteiger partial charge in [0.2, 0.25) is 0 Å². The van der Waals surface area contributed by atoms with Crippen LogP contribution in [0.5, 0.6) is 0 Å². The van der Waals surface area contributed by atoms with Crippen LogP contribution in [0.15, 0.2) is 0 Å². The molecule has 1 aliphatic rings. The minimum absolute atomic E-state index is 0.0414. The van der Waals surface area contributed by atoms with Crippen molar-refractivity contribution in [3.8, 4) is 0 Å². The zero-order chi connectivity index (χ0) is 14.1. The second-order valence-electron chi connectivity index (χ2n) is 5.44. The molecule has 1 saturated heterocycles. The van der Waals surface area contributed by atoms with E-state index in [0.29, 0.717) is 18.1 Å². The van der Waals surface area contributed by atoms with E-state index in [1.54, 1.807) is 0 Å². The van der Waals surface area contributed by atoms with Crippen LogP contribution in [0.1, 0.15) is 40.0 Å². The molecular weight excluding hydrogens is 240 g/mol. The number of hydrogen-bond acceptors (Lipinski definition) is 4. The quantitative estimate of drug-likeness (QED) is 0.692. The van der Waals surface area contributed by atoms with Gasteiger partial charge >= 0.3 is 0 Å². The normalized spacial score (nSPS) is 20.2. The molecule has 0 saturated carbocycles. The molecule has 2 unspecified atom stereocenters. The lowest BCUT2D eigenvalue weighted by molar-refractivity contribution is -0.122. The molecule has 1 rings (SSSR count). The summed E-state index contributed by atoms with van der Waals surface area (Å²) >= 11 is 0. The first-order chi connectivity index (χ1) is 9.19. The summed E-state index contributed by atoms with van der Waals surface area (Å²) < 4.78 is 5.32. The number of ketones is 1. The minimum Gasteiger partial charge on any atom is -0.379 e. The summed E-state index contributed by atoms with van der Waals surface area (Å²) in [4.78, 5) is 14.7. The van der Waals surface area contributed by atoms with Crippen LogP contribution in [0.4, 0.5) is 0 Å². The standard InChI is InChI=1S/C15H30N2O2/c1-4-13(3)15(16-5-2)14(18)7-6-8-17-9-11-19-12-10-17/h13,15-16H,4-12H2,1-3H3. The number of ether oxygens (including phenoxy) is 1. The van der Waals surface area contributed by atoms with Gasteiger partial charge in [-0.25, -0.2) is 0 Å². The Kier molecular flexibility index (Phi) is 8.26. The van der Waals surface area contributed by atoms with Crippen LogP contribution in [0.3, 0.4) is 0 Å². The van der Waals surface area contributed by atoms with Gasteiger partial charge in [-0.2, -0.15) is 0 Å². The molecule has 0 amide bonds. The van der Waals surface area contributed by atoms with E-state index < -0.39 is 0 Å². The third-order valence-electron chi connectivity index (χ3n) is 3.99. The molecule has 1 heterocycles. The second kappa shape index (κ2) is 9.45. The number of hydrogen-bond donors (Lipinski definition) is 1. The van der Waals surface area contributed by atoms with Gasteiger partial charge in [0.15, 0.2) is 0 Å². The monoisotopic (exact) mass is 270 g/mol. The maximum Gasteiger partial charge on any atom is 0.150 e. The Morgan fingerprint density at radius 2 is 2.00 bits per heavy atom. The number of carbonyl (C=O) groups excluding carboxylic acids is 1. The number of rotatable bonds is 9. The van der Waals surface area contributed by atoms with Crippen molar-refractivity contribution in [3.05, 3.63) is 0 Å². The summed E-state index contributed by atoms with van der Waals surface area (Å²) in [5.74, 6) is 0.806. The molecule has 0 aromatic heterocycles. The highest BCUT2D eigenvalue weighted by Gasteiger charge is 2.22. The zero-order valence-corrected chi connectivity index (χ0v) is 12.8. The Morgan fingerprint density at radius 3 is 2.58 bits per heavy atom. The van der Waals surface area contributed by atoms with E-state index in [4.69, 9.17) is 4.74 Å². The van der Waals surface area contributed by atoms with Crippen LogP contribution in [-0.2, 0) is 9.53 Å². The fourth-order valence-electron chi connectivity index (χ4n) is 2.55. The number of carbonyl (C=O) groups is 1. The predicted molar refractivity (Wildman–Crippen MR) is 78.4 cm³/mol. The summed E-state index contributed by atoms with van der Waals surface area (Å²) in [5, 5.41) is 3.34. The molecule has 4 nitrogen and oxygen atoms in total. The van der Waals surface area contributed by atoms with Gasteiger partial charge in [-0.1, -0.05) is 27.2 Å². The number of nitrogens with zero attached hydrogens (tertiary/aromatic N) is 1. The lowest BCUT2D eigenvalue weighted by atomic mass is 9.93. The lowest BCUT2D eigenvalue weighted by Crippen LogP contribution is -2.42. The van der Waals surface area contributed by atoms with E-state index in [9.17, 15) is 4.79 Å². The van der Waals surface area contributed by atoms with E-state index in [-0.39, 0.29) is 6.04 Å².